The molecular formula is C29H23FN4O2. The van der Waals surface area contributed by atoms with E-state index >= 15 is 0 Å². The van der Waals surface area contributed by atoms with Crippen molar-refractivity contribution in [3.05, 3.63) is 137 Å². The first kappa shape index (κ1) is 23.0. The van der Waals surface area contributed by atoms with Crippen LogP contribution in [0.25, 0.3) is 0 Å². The van der Waals surface area contributed by atoms with Crippen LogP contribution in [0.3, 0.4) is 0 Å². The van der Waals surface area contributed by atoms with Gasteiger partial charge in [0.2, 0.25) is 0 Å². The third-order valence-electron chi connectivity index (χ3n) is 6.14. The Labute approximate surface area is 207 Å². The van der Waals surface area contributed by atoms with E-state index in [1.54, 1.807) is 24.3 Å². The highest BCUT2D eigenvalue weighted by Gasteiger charge is 2.50. The standard InChI is InChI=1S/C29H23FN4O2/c30-25-17-8-7-16-24(25)26(35)32-23-15-9-10-20(18-23)19-34-27(36)29(33-28(34)31,21-11-3-1-4-12-21)22-13-5-2-6-14-22/h1-18H,19H2,(H2,31,33)(H,32,35). The monoisotopic (exact) mass is 478 g/mol. The number of amides is 2. The van der Waals surface area contributed by atoms with Gasteiger partial charge in [-0.15, -0.1) is 0 Å². The van der Waals surface area contributed by atoms with Gasteiger partial charge in [-0.1, -0.05) is 84.9 Å². The number of benzene rings is 4. The summed E-state index contributed by atoms with van der Waals surface area (Å²) < 4.78 is 14.0. The van der Waals surface area contributed by atoms with Crippen molar-refractivity contribution in [3.63, 3.8) is 0 Å². The highest BCUT2D eigenvalue weighted by atomic mass is 19.1. The summed E-state index contributed by atoms with van der Waals surface area (Å²) in [6.45, 7) is 0.152. The summed E-state index contributed by atoms with van der Waals surface area (Å²) >= 11 is 0. The van der Waals surface area contributed by atoms with E-state index in [1.165, 1.54) is 23.1 Å². The van der Waals surface area contributed by atoms with Crippen LogP contribution in [0.2, 0.25) is 0 Å². The fraction of sp³-hybridized carbons (Fsp3) is 0.0690. The van der Waals surface area contributed by atoms with Crippen LogP contribution in [-0.2, 0) is 16.9 Å². The maximum absolute atomic E-state index is 14.0. The van der Waals surface area contributed by atoms with Crippen LogP contribution in [0.5, 0.6) is 0 Å². The number of carbonyl (C=O) groups is 2. The molecule has 0 saturated carbocycles. The molecular weight excluding hydrogens is 455 g/mol. The van der Waals surface area contributed by atoms with E-state index in [9.17, 15) is 14.0 Å². The predicted octanol–water partition coefficient (Wildman–Crippen LogP) is 4.68. The zero-order chi connectivity index (χ0) is 25.1. The summed E-state index contributed by atoms with van der Waals surface area (Å²) in [6, 6.07) is 31.5. The summed E-state index contributed by atoms with van der Waals surface area (Å²) in [5.41, 5.74) is 7.62. The molecule has 2 amide bonds. The van der Waals surface area contributed by atoms with Gasteiger partial charge in [0.15, 0.2) is 11.5 Å². The molecule has 6 nitrogen and oxygen atoms in total. The van der Waals surface area contributed by atoms with Crippen LogP contribution in [0.15, 0.2) is 114 Å². The Morgan fingerprint density at radius 1 is 0.861 bits per heavy atom. The Morgan fingerprint density at radius 3 is 2.11 bits per heavy atom. The molecule has 1 aliphatic heterocycles. The zero-order valence-electron chi connectivity index (χ0n) is 19.3. The summed E-state index contributed by atoms with van der Waals surface area (Å²) in [7, 11) is 0. The van der Waals surface area contributed by atoms with Gasteiger partial charge < -0.3 is 11.1 Å². The number of guanidine groups is 1. The maximum atomic E-state index is 14.0. The molecule has 0 aliphatic carbocycles. The molecule has 1 aliphatic rings. The fourth-order valence-corrected chi connectivity index (χ4v) is 4.41. The number of nitrogens with zero attached hydrogens (tertiary/aromatic N) is 2. The highest BCUT2D eigenvalue weighted by molar-refractivity contribution is 6.09. The molecule has 0 atom stereocenters. The van der Waals surface area contributed by atoms with E-state index in [0.717, 1.165) is 16.7 Å². The lowest BCUT2D eigenvalue weighted by atomic mass is 9.83. The summed E-state index contributed by atoms with van der Waals surface area (Å²) in [5, 5.41) is 2.71. The Morgan fingerprint density at radius 2 is 1.47 bits per heavy atom. The van der Waals surface area contributed by atoms with Crippen molar-refractivity contribution >= 4 is 23.5 Å². The zero-order valence-corrected chi connectivity index (χ0v) is 19.3. The number of halogens is 1. The largest absolute Gasteiger partial charge is 0.369 e. The third kappa shape index (κ3) is 4.11. The Bertz CT molecular complexity index is 1420. The number of hydrogen-bond donors (Lipinski definition) is 2. The van der Waals surface area contributed by atoms with Crippen LogP contribution in [0.1, 0.15) is 27.0 Å². The molecule has 3 N–H and O–H groups in total. The van der Waals surface area contributed by atoms with E-state index in [-0.39, 0.29) is 24.0 Å². The van der Waals surface area contributed by atoms with Gasteiger partial charge in [0, 0.05) is 5.69 Å². The van der Waals surface area contributed by atoms with Crippen LogP contribution in [-0.4, -0.2) is 22.7 Å². The number of hydrogen-bond acceptors (Lipinski definition) is 4. The molecule has 0 aromatic heterocycles. The number of rotatable bonds is 6. The third-order valence-corrected chi connectivity index (χ3v) is 6.14. The van der Waals surface area contributed by atoms with Crippen molar-refractivity contribution < 1.29 is 14.0 Å². The van der Waals surface area contributed by atoms with E-state index < -0.39 is 17.3 Å². The van der Waals surface area contributed by atoms with E-state index in [1.807, 2.05) is 66.7 Å². The Balaban J connectivity index is 1.43. The molecule has 0 radical (unpaired) electrons. The van der Waals surface area contributed by atoms with Crippen molar-refractivity contribution in [1.82, 2.24) is 4.90 Å². The van der Waals surface area contributed by atoms with Crippen molar-refractivity contribution in [1.29, 1.82) is 0 Å². The van der Waals surface area contributed by atoms with Gasteiger partial charge in [0.1, 0.15) is 5.82 Å². The second kappa shape index (κ2) is 9.46. The maximum Gasteiger partial charge on any atom is 0.266 e. The first-order valence-corrected chi connectivity index (χ1v) is 11.4. The minimum Gasteiger partial charge on any atom is -0.369 e. The predicted molar refractivity (Wildman–Crippen MR) is 137 cm³/mol. The normalized spacial score (nSPS) is 14.4. The Hall–Kier alpha value is -4.78. The lowest BCUT2D eigenvalue weighted by Crippen LogP contribution is -2.43. The average Bonchev–Trinajstić information content (AvgIpc) is 3.16. The molecule has 178 valence electrons. The molecule has 0 bridgehead atoms. The van der Waals surface area contributed by atoms with E-state index in [0.29, 0.717) is 5.69 Å². The van der Waals surface area contributed by atoms with Crippen LogP contribution in [0, 0.1) is 5.82 Å². The van der Waals surface area contributed by atoms with Crippen LogP contribution >= 0.6 is 0 Å². The molecule has 0 fully saturated rings. The topological polar surface area (TPSA) is 87.8 Å². The smallest absolute Gasteiger partial charge is 0.266 e. The lowest BCUT2D eigenvalue weighted by molar-refractivity contribution is -0.130. The molecule has 0 unspecified atom stereocenters. The van der Waals surface area contributed by atoms with Crippen LogP contribution in [0.4, 0.5) is 10.1 Å². The summed E-state index contributed by atoms with van der Waals surface area (Å²) in [5.74, 6) is -1.32. The van der Waals surface area contributed by atoms with Crippen LogP contribution < -0.4 is 11.1 Å². The van der Waals surface area contributed by atoms with Crippen molar-refractivity contribution in [3.8, 4) is 0 Å². The first-order valence-electron chi connectivity index (χ1n) is 11.4. The lowest BCUT2D eigenvalue weighted by Gasteiger charge is -2.27. The van der Waals surface area contributed by atoms with Gasteiger partial charge in [-0.05, 0) is 41.0 Å². The van der Waals surface area contributed by atoms with Gasteiger partial charge in [0.05, 0.1) is 12.1 Å². The number of aliphatic imine (C=N–C) groups is 1. The molecule has 5 rings (SSSR count). The van der Waals surface area contributed by atoms with Gasteiger partial charge in [-0.3, -0.25) is 14.5 Å². The quantitative estimate of drug-likeness (QED) is 0.422. The average molecular weight is 479 g/mol. The highest BCUT2D eigenvalue weighted by Crippen LogP contribution is 2.40. The SMILES string of the molecule is NC1=NC(c2ccccc2)(c2ccccc2)C(=O)N1Cc1cccc(NC(=O)c2ccccc2F)c1. The van der Waals surface area contributed by atoms with Crippen molar-refractivity contribution in [2.24, 2.45) is 10.7 Å². The Kier molecular flexibility index (Phi) is 6.04. The van der Waals surface area contributed by atoms with Crippen molar-refractivity contribution in [2.45, 2.75) is 12.1 Å². The molecule has 0 spiro atoms. The minimum absolute atomic E-state index is 0.0514. The van der Waals surface area contributed by atoms with Crippen molar-refractivity contribution in [2.75, 3.05) is 5.32 Å². The molecule has 0 saturated heterocycles. The summed E-state index contributed by atoms with van der Waals surface area (Å²) in [6.07, 6.45) is 0. The number of nitrogens with one attached hydrogen (secondary N) is 1. The fourth-order valence-electron chi connectivity index (χ4n) is 4.41. The second-order valence-electron chi connectivity index (χ2n) is 8.44. The first-order chi connectivity index (χ1) is 17.5. The number of carbonyl (C=O) groups excluding carboxylic acids is 2. The minimum atomic E-state index is -1.29. The molecule has 36 heavy (non-hydrogen) atoms. The van der Waals surface area contributed by atoms with E-state index in [2.05, 4.69) is 5.32 Å². The molecule has 4 aromatic carbocycles. The van der Waals surface area contributed by atoms with Gasteiger partial charge in [0.25, 0.3) is 11.8 Å². The molecule has 4 aromatic rings. The second-order valence-corrected chi connectivity index (χ2v) is 8.44. The number of anilines is 1. The van der Waals surface area contributed by atoms with Gasteiger partial charge in [-0.2, -0.15) is 0 Å². The molecule has 7 heteroatoms. The molecule has 1 heterocycles. The number of nitrogens with two attached hydrogens (primary N) is 1. The van der Waals surface area contributed by atoms with Gasteiger partial charge >= 0.3 is 0 Å². The van der Waals surface area contributed by atoms with Gasteiger partial charge in [-0.25, -0.2) is 9.38 Å². The summed E-state index contributed by atoms with van der Waals surface area (Å²) in [4.78, 5) is 32.6. The van der Waals surface area contributed by atoms with E-state index in [4.69, 9.17) is 10.7 Å².